The number of hydrogen-bond donors (Lipinski definition) is 1. The Labute approximate surface area is 150 Å². The highest BCUT2D eigenvalue weighted by atomic mass is 32.1. The van der Waals surface area contributed by atoms with Gasteiger partial charge in [-0.3, -0.25) is 14.7 Å². The maximum atomic E-state index is 12.7. The number of nitrogens with zero attached hydrogens (tertiary/aromatic N) is 2. The minimum atomic E-state index is -0.367. The lowest BCUT2D eigenvalue weighted by Gasteiger charge is -2.49. The Balaban J connectivity index is 1.54. The molecule has 2 aromatic heterocycles. The zero-order valence-electron chi connectivity index (χ0n) is 14.3. The number of ether oxygens (including phenoxy) is 1. The number of piperidine rings is 3. The highest BCUT2D eigenvalue weighted by Crippen LogP contribution is 2.32. The highest BCUT2D eigenvalue weighted by Gasteiger charge is 2.40. The Morgan fingerprint density at radius 1 is 1.32 bits per heavy atom. The first-order valence-corrected chi connectivity index (χ1v) is 9.41. The summed E-state index contributed by atoms with van der Waals surface area (Å²) in [6.45, 7) is 4.45. The number of methoxy groups -OCH3 is 1. The van der Waals surface area contributed by atoms with Crippen LogP contribution in [0.4, 0.5) is 0 Å². The summed E-state index contributed by atoms with van der Waals surface area (Å²) in [5, 5.41) is 4.04. The van der Waals surface area contributed by atoms with Crippen LogP contribution in [0.15, 0.2) is 18.3 Å². The minimum Gasteiger partial charge on any atom is -0.465 e. The summed E-state index contributed by atoms with van der Waals surface area (Å²) in [4.78, 5) is 31.6. The first-order valence-electron chi connectivity index (χ1n) is 8.59. The van der Waals surface area contributed by atoms with E-state index in [9.17, 15) is 9.59 Å². The predicted molar refractivity (Wildman–Crippen MR) is 96.0 cm³/mol. The molecule has 6 nitrogen and oxygen atoms in total. The SMILES string of the molecule is COC(=O)c1cc2cnc(C(=O)N[C@@H]3C4CCN(CC4)[C@@H]3C)cc2s1. The Morgan fingerprint density at radius 2 is 2.08 bits per heavy atom. The summed E-state index contributed by atoms with van der Waals surface area (Å²) < 4.78 is 5.61. The first-order chi connectivity index (χ1) is 12.1. The molecule has 5 rings (SSSR count). The number of nitrogens with one attached hydrogen (secondary N) is 1. The van der Waals surface area contributed by atoms with E-state index in [1.165, 1.54) is 18.4 Å². The lowest BCUT2D eigenvalue weighted by atomic mass is 9.79. The number of amides is 1. The van der Waals surface area contributed by atoms with Crippen LogP contribution in [0.1, 0.15) is 39.9 Å². The zero-order valence-corrected chi connectivity index (χ0v) is 15.1. The van der Waals surface area contributed by atoms with Crippen LogP contribution in [0.5, 0.6) is 0 Å². The van der Waals surface area contributed by atoms with Gasteiger partial charge in [-0.25, -0.2) is 4.79 Å². The van der Waals surface area contributed by atoms with Gasteiger partial charge in [0.15, 0.2) is 0 Å². The van der Waals surface area contributed by atoms with Crippen LogP contribution < -0.4 is 5.32 Å². The molecule has 0 aliphatic carbocycles. The lowest BCUT2D eigenvalue weighted by Crippen LogP contribution is -2.62. The van der Waals surface area contributed by atoms with Crippen LogP contribution in [0.25, 0.3) is 10.1 Å². The molecule has 0 saturated carbocycles. The van der Waals surface area contributed by atoms with Gasteiger partial charge in [0.05, 0.1) is 7.11 Å². The molecule has 2 aromatic rings. The molecular weight excluding hydrogens is 338 g/mol. The second-order valence-corrected chi connectivity index (χ2v) is 7.91. The van der Waals surface area contributed by atoms with E-state index >= 15 is 0 Å². The van der Waals surface area contributed by atoms with Crippen molar-refractivity contribution in [1.82, 2.24) is 15.2 Å². The Kier molecular flexibility index (Phi) is 4.21. The van der Waals surface area contributed by atoms with Crippen molar-refractivity contribution in [3.05, 3.63) is 28.9 Å². The van der Waals surface area contributed by atoms with Gasteiger partial charge in [-0.05, 0) is 50.9 Å². The number of hydrogen-bond acceptors (Lipinski definition) is 6. The molecule has 3 aliphatic heterocycles. The van der Waals surface area contributed by atoms with E-state index in [-0.39, 0.29) is 17.9 Å². The van der Waals surface area contributed by atoms with Gasteiger partial charge in [0.1, 0.15) is 10.6 Å². The van der Waals surface area contributed by atoms with E-state index in [2.05, 4.69) is 22.1 Å². The van der Waals surface area contributed by atoms with Gasteiger partial charge in [-0.1, -0.05) is 0 Å². The predicted octanol–water partition coefficient (Wildman–Crippen LogP) is 2.30. The van der Waals surface area contributed by atoms with E-state index in [0.717, 1.165) is 36.0 Å². The number of carbonyl (C=O) groups excluding carboxylic acids is 2. The molecule has 0 spiro atoms. The normalized spacial score (nSPS) is 28.1. The summed E-state index contributed by atoms with van der Waals surface area (Å²) in [5.74, 6) is 0.0502. The average Bonchev–Trinajstić information content (AvgIpc) is 3.07. The largest absolute Gasteiger partial charge is 0.465 e. The zero-order chi connectivity index (χ0) is 17.6. The maximum Gasteiger partial charge on any atom is 0.348 e. The minimum absolute atomic E-state index is 0.138. The van der Waals surface area contributed by atoms with Crippen molar-refractivity contribution in [2.45, 2.75) is 31.8 Å². The summed E-state index contributed by atoms with van der Waals surface area (Å²) in [7, 11) is 1.36. The van der Waals surface area contributed by atoms with Crippen molar-refractivity contribution in [2.75, 3.05) is 20.2 Å². The molecular formula is C18H21N3O3S. The van der Waals surface area contributed by atoms with Gasteiger partial charge in [0.25, 0.3) is 5.91 Å². The third-order valence-electron chi connectivity index (χ3n) is 5.50. The smallest absolute Gasteiger partial charge is 0.348 e. The van der Waals surface area contributed by atoms with Crippen molar-refractivity contribution in [3.63, 3.8) is 0 Å². The lowest BCUT2D eigenvalue weighted by molar-refractivity contribution is 0.0216. The summed E-state index contributed by atoms with van der Waals surface area (Å²) in [6.07, 6.45) is 3.94. The van der Waals surface area contributed by atoms with E-state index in [1.54, 1.807) is 18.3 Å². The molecule has 2 atom stereocenters. The molecule has 3 saturated heterocycles. The fourth-order valence-corrected chi connectivity index (χ4v) is 5.02. The van der Waals surface area contributed by atoms with Crippen LogP contribution >= 0.6 is 11.3 Å². The molecule has 3 aliphatic rings. The Hall–Kier alpha value is -1.99. The monoisotopic (exact) mass is 359 g/mol. The van der Waals surface area contributed by atoms with E-state index in [4.69, 9.17) is 4.74 Å². The van der Waals surface area contributed by atoms with Gasteiger partial charge >= 0.3 is 5.97 Å². The third kappa shape index (κ3) is 2.91. The van der Waals surface area contributed by atoms with Crippen LogP contribution in [-0.2, 0) is 4.74 Å². The number of aromatic nitrogens is 1. The molecule has 7 heteroatoms. The second-order valence-electron chi connectivity index (χ2n) is 6.82. The number of fused-ring (bicyclic) bond motifs is 4. The van der Waals surface area contributed by atoms with Gasteiger partial charge in [-0.2, -0.15) is 0 Å². The van der Waals surface area contributed by atoms with Crippen molar-refractivity contribution in [2.24, 2.45) is 5.92 Å². The van der Waals surface area contributed by atoms with Crippen LogP contribution in [-0.4, -0.2) is 54.0 Å². The number of thiophene rings is 1. The Bertz CT molecular complexity index is 824. The van der Waals surface area contributed by atoms with E-state index in [1.807, 2.05) is 0 Å². The molecule has 5 heterocycles. The third-order valence-corrected chi connectivity index (χ3v) is 6.57. The average molecular weight is 359 g/mol. The standard InChI is InChI=1S/C18H21N3O3S/c1-10-16(11-3-5-21(10)6-4-11)20-17(22)13-8-14-12(9-19-13)7-15(25-14)18(23)24-2/h7-11,16H,3-6H2,1-2H3,(H,20,22)/t10-,16+/m1/s1. The molecule has 0 unspecified atom stereocenters. The van der Waals surface area contributed by atoms with Crippen molar-refractivity contribution in [1.29, 1.82) is 0 Å². The van der Waals surface area contributed by atoms with E-state index < -0.39 is 0 Å². The number of esters is 1. The molecule has 2 bridgehead atoms. The van der Waals surface area contributed by atoms with Crippen molar-refractivity contribution >= 4 is 33.3 Å². The van der Waals surface area contributed by atoms with Crippen LogP contribution in [0.2, 0.25) is 0 Å². The van der Waals surface area contributed by atoms with Gasteiger partial charge in [0.2, 0.25) is 0 Å². The van der Waals surface area contributed by atoms with Crippen LogP contribution in [0.3, 0.4) is 0 Å². The second kappa shape index (κ2) is 6.38. The van der Waals surface area contributed by atoms with Gasteiger partial charge in [0, 0.05) is 28.4 Å². The molecule has 132 valence electrons. The molecule has 3 fully saturated rings. The van der Waals surface area contributed by atoms with Gasteiger partial charge in [-0.15, -0.1) is 11.3 Å². The van der Waals surface area contributed by atoms with Crippen molar-refractivity contribution < 1.29 is 14.3 Å². The quantitative estimate of drug-likeness (QED) is 0.852. The summed E-state index contributed by atoms with van der Waals surface area (Å²) in [6, 6.07) is 4.05. The molecule has 1 N–H and O–H groups in total. The van der Waals surface area contributed by atoms with Gasteiger partial charge < -0.3 is 10.1 Å². The number of rotatable bonds is 3. The molecule has 25 heavy (non-hydrogen) atoms. The fraction of sp³-hybridized carbons (Fsp3) is 0.500. The van der Waals surface area contributed by atoms with E-state index in [0.29, 0.717) is 22.5 Å². The maximum absolute atomic E-state index is 12.7. The van der Waals surface area contributed by atoms with Crippen LogP contribution in [0, 0.1) is 5.92 Å². The topological polar surface area (TPSA) is 71.5 Å². The first kappa shape index (κ1) is 16.5. The summed E-state index contributed by atoms with van der Waals surface area (Å²) >= 11 is 1.32. The Morgan fingerprint density at radius 3 is 2.76 bits per heavy atom. The fourth-order valence-electron chi connectivity index (χ4n) is 4.03. The number of carbonyl (C=O) groups is 2. The highest BCUT2D eigenvalue weighted by molar-refractivity contribution is 7.20. The summed E-state index contributed by atoms with van der Waals surface area (Å²) in [5.41, 5.74) is 0.398. The van der Waals surface area contributed by atoms with Crippen molar-refractivity contribution in [3.8, 4) is 0 Å². The molecule has 1 amide bonds. The molecule has 0 aromatic carbocycles. The molecule has 0 radical (unpaired) electrons. The number of pyridine rings is 1.